The zero-order chi connectivity index (χ0) is 33.7. The van der Waals surface area contributed by atoms with Crippen molar-refractivity contribution in [2.24, 2.45) is 0 Å². The molecule has 0 atom stereocenters. The highest BCUT2D eigenvalue weighted by Crippen LogP contribution is 2.50. The van der Waals surface area contributed by atoms with E-state index in [-0.39, 0.29) is 0 Å². The van der Waals surface area contributed by atoms with E-state index in [1.54, 1.807) is 0 Å². The average molecular weight is 689 g/mol. The zero-order valence-corrected chi connectivity index (χ0v) is 29.4. The normalized spacial score (nSPS) is 12.2. The number of hydrogen-bond donors (Lipinski definition) is 0. The van der Waals surface area contributed by atoms with E-state index in [9.17, 15) is 0 Å². The molecule has 0 N–H and O–H groups in total. The van der Waals surface area contributed by atoms with Crippen molar-refractivity contribution >= 4 is 88.2 Å². The van der Waals surface area contributed by atoms with Gasteiger partial charge in [-0.25, -0.2) is 0 Å². The van der Waals surface area contributed by atoms with E-state index in [1.807, 2.05) is 23.1 Å². The molecule has 0 aliphatic carbocycles. The summed E-state index contributed by atoms with van der Waals surface area (Å²) < 4.78 is 2.55. The van der Waals surface area contributed by atoms with Gasteiger partial charge in [-0.2, -0.15) is 0 Å². The highest BCUT2D eigenvalue weighted by Gasteiger charge is 2.24. The molecule has 242 valence electrons. The Morgan fingerprint density at radius 1 is 0.392 bits per heavy atom. The predicted octanol–water partition coefficient (Wildman–Crippen LogP) is 14.4. The number of para-hydroxylation sites is 2. The Bertz CT molecular complexity index is 2720. The summed E-state index contributed by atoms with van der Waals surface area (Å²) >= 11 is 3.81. The summed E-state index contributed by atoms with van der Waals surface area (Å²) in [5.41, 5.74) is 11.0. The van der Waals surface area contributed by atoms with Gasteiger partial charge in [0.1, 0.15) is 0 Å². The Morgan fingerprint density at radius 2 is 0.961 bits per heavy atom. The number of rotatable bonds is 6. The SMILES string of the molecule is c1ccc(N(c2ccc3ccccc3c2)c2ccc3c(c2)sc2cc(N(c4ccccc4)c4cccc5c4SCc4ccccc4-5)ccc23)cc1. The molecule has 1 aliphatic heterocycles. The van der Waals surface area contributed by atoms with E-state index >= 15 is 0 Å². The van der Waals surface area contributed by atoms with Gasteiger partial charge in [0.05, 0.1) is 5.69 Å². The number of thioether (sulfide) groups is 1. The Hall–Kier alpha value is -5.81. The van der Waals surface area contributed by atoms with Crippen LogP contribution in [0.3, 0.4) is 0 Å². The largest absolute Gasteiger partial charge is 0.310 e. The van der Waals surface area contributed by atoms with Gasteiger partial charge in [0, 0.05) is 59.3 Å². The first kappa shape index (κ1) is 30.1. The lowest BCUT2D eigenvalue weighted by Crippen LogP contribution is -2.12. The first-order chi connectivity index (χ1) is 25.3. The van der Waals surface area contributed by atoms with Crippen molar-refractivity contribution in [3.05, 3.63) is 188 Å². The molecular formula is C47H32N2S2. The van der Waals surface area contributed by atoms with Gasteiger partial charge in [0.25, 0.3) is 0 Å². The van der Waals surface area contributed by atoms with E-state index in [2.05, 4.69) is 192 Å². The maximum absolute atomic E-state index is 2.44. The smallest absolute Gasteiger partial charge is 0.0603 e. The first-order valence-corrected chi connectivity index (χ1v) is 19.1. The van der Waals surface area contributed by atoms with Gasteiger partial charge in [-0.1, -0.05) is 115 Å². The number of anilines is 6. The molecule has 0 saturated heterocycles. The fourth-order valence-electron chi connectivity index (χ4n) is 7.50. The number of benzene rings is 8. The van der Waals surface area contributed by atoms with Gasteiger partial charge in [-0.05, 0) is 94.2 Å². The van der Waals surface area contributed by atoms with Crippen molar-refractivity contribution in [2.45, 2.75) is 10.6 Å². The molecule has 0 unspecified atom stereocenters. The average Bonchev–Trinajstić information content (AvgIpc) is 3.56. The molecule has 51 heavy (non-hydrogen) atoms. The molecule has 9 aromatic rings. The van der Waals surface area contributed by atoms with Crippen molar-refractivity contribution in [1.29, 1.82) is 0 Å². The van der Waals surface area contributed by atoms with Crippen LogP contribution in [0.4, 0.5) is 34.1 Å². The molecule has 0 bridgehead atoms. The molecular weight excluding hydrogens is 657 g/mol. The van der Waals surface area contributed by atoms with Crippen molar-refractivity contribution < 1.29 is 0 Å². The Labute approximate surface area is 305 Å². The second-order valence-electron chi connectivity index (χ2n) is 12.9. The van der Waals surface area contributed by atoms with Crippen LogP contribution < -0.4 is 9.80 Å². The zero-order valence-electron chi connectivity index (χ0n) is 27.7. The van der Waals surface area contributed by atoms with Gasteiger partial charge >= 0.3 is 0 Å². The lowest BCUT2D eigenvalue weighted by molar-refractivity contribution is 1.22. The summed E-state index contributed by atoms with van der Waals surface area (Å²) in [6, 6.07) is 66.3. The van der Waals surface area contributed by atoms with E-state index in [1.165, 1.54) is 58.2 Å². The summed E-state index contributed by atoms with van der Waals surface area (Å²) in [5.74, 6) is 0.972. The van der Waals surface area contributed by atoms with Crippen molar-refractivity contribution in [1.82, 2.24) is 0 Å². The van der Waals surface area contributed by atoms with Crippen LogP contribution in [0.25, 0.3) is 42.1 Å². The second kappa shape index (κ2) is 12.5. The summed E-state index contributed by atoms with van der Waals surface area (Å²) in [4.78, 5) is 6.13. The number of nitrogens with zero attached hydrogens (tertiary/aromatic N) is 2. The van der Waals surface area contributed by atoms with E-state index in [4.69, 9.17) is 0 Å². The van der Waals surface area contributed by atoms with Gasteiger partial charge in [-0.3, -0.25) is 0 Å². The monoisotopic (exact) mass is 688 g/mol. The molecule has 2 heterocycles. The van der Waals surface area contributed by atoms with Gasteiger partial charge in [-0.15, -0.1) is 23.1 Å². The minimum absolute atomic E-state index is 0.972. The van der Waals surface area contributed by atoms with Crippen LogP contribution >= 0.6 is 23.1 Å². The minimum atomic E-state index is 0.972. The summed E-state index contributed by atoms with van der Waals surface area (Å²) in [7, 11) is 0. The fourth-order valence-corrected chi connectivity index (χ4v) is 9.86. The van der Waals surface area contributed by atoms with Crippen LogP contribution in [-0.2, 0) is 5.75 Å². The van der Waals surface area contributed by atoms with E-state index in [0.717, 1.165) is 34.2 Å². The molecule has 1 aliphatic rings. The maximum Gasteiger partial charge on any atom is 0.0603 e. The summed E-state index contributed by atoms with van der Waals surface area (Å²) in [5, 5.41) is 5.05. The number of fused-ring (bicyclic) bond motifs is 7. The molecule has 4 heteroatoms. The quantitative estimate of drug-likeness (QED) is 0.172. The topological polar surface area (TPSA) is 6.48 Å². The molecule has 0 fully saturated rings. The maximum atomic E-state index is 2.44. The van der Waals surface area contributed by atoms with Crippen molar-refractivity contribution in [2.75, 3.05) is 9.80 Å². The third-order valence-electron chi connectivity index (χ3n) is 9.89. The third kappa shape index (κ3) is 5.27. The van der Waals surface area contributed by atoms with E-state index in [0.29, 0.717) is 0 Å². The molecule has 0 spiro atoms. The van der Waals surface area contributed by atoms with Crippen LogP contribution in [0.5, 0.6) is 0 Å². The van der Waals surface area contributed by atoms with Crippen LogP contribution in [0.2, 0.25) is 0 Å². The van der Waals surface area contributed by atoms with Crippen LogP contribution in [0.1, 0.15) is 5.56 Å². The summed E-state index contributed by atoms with van der Waals surface area (Å²) in [6.07, 6.45) is 0. The van der Waals surface area contributed by atoms with Crippen molar-refractivity contribution in [3.8, 4) is 11.1 Å². The summed E-state index contributed by atoms with van der Waals surface area (Å²) in [6.45, 7) is 0. The molecule has 0 radical (unpaired) electrons. The Balaban J connectivity index is 1.10. The highest BCUT2D eigenvalue weighted by molar-refractivity contribution is 7.99. The highest BCUT2D eigenvalue weighted by atomic mass is 32.2. The molecule has 10 rings (SSSR count). The molecule has 1 aromatic heterocycles. The molecule has 0 amide bonds. The molecule has 8 aromatic carbocycles. The molecule has 2 nitrogen and oxygen atoms in total. The number of hydrogen-bond acceptors (Lipinski definition) is 4. The predicted molar refractivity (Wildman–Crippen MR) is 221 cm³/mol. The van der Waals surface area contributed by atoms with Gasteiger partial charge in [0.15, 0.2) is 0 Å². The minimum Gasteiger partial charge on any atom is -0.310 e. The standard InChI is InChI=1S/C47H32N2S2/c1-3-15-35(16-4-1)48(37-23-22-32-12-7-8-13-33(32)28-37)38-24-26-41-42-27-25-39(30-46(42)51-45(41)29-38)49(36-17-5-2-6-18-36)44-21-11-20-43-40-19-10-9-14-34(40)31-50-47(43)44/h1-30H,31H2. The molecule has 0 saturated carbocycles. The van der Waals surface area contributed by atoms with Crippen molar-refractivity contribution in [3.63, 3.8) is 0 Å². The van der Waals surface area contributed by atoms with Crippen LogP contribution in [-0.4, -0.2) is 0 Å². The van der Waals surface area contributed by atoms with Gasteiger partial charge in [0.2, 0.25) is 0 Å². The van der Waals surface area contributed by atoms with Gasteiger partial charge < -0.3 is 9.80 Å². The fraction of sp³-hybridized carbons (Fsp3) is 0.0213. The Morgan fingerprint density at radius 3 is 1.71 bits per heavy atom. The lowest BCUT2D eigenvalue weighted by Gasteiger charge is -2.30. The lowest BCUT2D eigenvalue weighted by atomic mass is 9.99. The van der Waals surface area contributed by atoms with Crippen LogP contribution in [0, 0.1) is 0 Å². The third-order valence-corrected chi connectivity index (χ3v) is 12.2. The van der Waals surface area contributed by atoms with Crippen LogP contribution in [0.15, 0.2) is 187 Å². The second-order valence-corrected chi connectivity index (χ2v) is 15.0. The van der Waals surface area contributed by atoms with E-state index < -0.39 is 0 Å². The first-order valence-electron chi connectivity index (χ1n) is 17.3. The number of thiophene rings is 1. The Kier molecular flexibility index (Phi) is 7.37.